The van der Waals surface area contributed by atoms with Crippen molar-refractivity contribution < 1.29 is 44.2 Å². The number of carbonyl (C=O) groups excluding carboxylic acids is 1. The van der Waals surface area contributed by atoms with Gasteiger partial charge in [-0.05, 0) is 70.6 Å². The molecule has 1 rings (SSSR count). The third-order valence-corrected chi connectivity index (χ3v) is 9.28. The Morgan fingerprint density at radius 3 is 1.71 bits per heavy atom. The van der Waals surface area contributed by atoms with Crippen LogP contribution in [0.15, 0.2) is 36.5 Å². The normalized spacial score (nSPS) is 21.7. The fourth-order valence-corrected chi connectivity index (χ4v) is 5.99. The van der Waals surface area contributed by atoms with E-state index < -0.39 is 43.4 Å². The average Bonchev–Trinajstić information content (AvgIpc) is 3.13. The Morgan fingerprint density at radius 1 is 0.627 bits per heavy atom. The van der Waals surface area contributed by atoms with Crippen molar-refractivity contribution in [1.29, 1.82) is 0 Å². The first-order valence-electron chi connectivity index (χ1n) is 20.6. The van der Waals surface area contributed by atoms with E-state index in [0.717, 1.165) is 70.6 Å². The summed E-state index contributed by atoms with van der Waals surface area (Å²) in [6.07, 6.45) is 31.6. The molecule has 4 N–H and O–H groups in total. The predicted molar refractivity (Wildman–Crippen MR) is 205 cm³/mol. The Kier molecular flexibility index (Phi) is 31.8. The molecule has 6 unspecified atom stereocenters. The standard InChI is InChI=1S/C42H76O9/c1-3-5-7-9-11-13-15-17-18-19-21-23-25-27-29-31-38(44)50-36(35-49-42-41(47)40(46)39(45)37(33-43)51-42)34-48-32-30-28-26-24-22-20-16-14-12-10-8-6-4-2/h11-14,17-18,36-37,39-43,45-47H,3-10,15-16,19-35H2,1-2H3/b13-11-,14-12-,18-17-. The van der Waals surface area contributed by atoms with Gasteiger partial charge in [-0.25, -0.2) is 0 Å². The molecule has 1 aliphatic rings. The van der Waals surface area contributed by atoms with E-state index in [0.29, 0.717) is 13.0 Å². The van der Waals surface area contributed by atoms with Crippen LogP contribution >= 0.6 is 0 Å². The molecule has 0 aliphatic carbocycles. The summed E-state index contributed by atoms with van der Waals surface area (Å²) in [5, 5.41) is 40.0. The lowest BCUT2D eigenvalue weighted by molar-refractivity contribution is -0.305. The van der Waals surface area contributed by atoms with Crippen LogP contribution in [0.4, 0.5) is 0 Å². The van der Waals surface area contributed by atoms with Crippen LogP contribution in [-0.4, -0.2) is 89.6 Å². The van der Waals surface area contributed by atoms with Gasteiger partial charge in [0.05, 0.1) is 19.8 Å². The van der Waals surface area contributed by atoms with Crippen molar-refractivity contribution in [1.82, 2.24) is 0 Å². The molecule has 1 saturated heterocycles. The van der Waals surface area contributed by atoms with E-state index in [-0.39, 0.29) is 19.2 Å². The van der Waals surface area contributed by atoms with Crippen LogP contribution in [0.2, 0.25) is 0 Å². The molecular weight excluding hydrogens is 648 g/mol. The fraction of sp³-hybridized carbons (Fsp3) is 0.833. The van der Waals surface area contributed by atoms with Crippen molar-refractivity contribution in [2.45, 2.75) is 198 Å². The first-order chi connectivity index (χ1) is 24.9. The Balaban J connectivity index is 2.33. The summed E-state index contributed by atoms with van der Waals surface area (Å²) in [5.74, 6) is -0.331. The number of carbonyl (C=O) groups is 1. The van der Waals surface area contributed by atoms with E-state index in [1.807, 2.05) is 0 Å². The maximum absolute atomic E-state index is 12.7. The molecule has 0 amide bonds. The van der Waals surface area contributed by atoms with Crippen LogP contribution in [0.3, 0.4) is 0 Å². The van der Waals surface area contributed by atoms with Crippen molar-refractivity contribution in [2.24, 2.45) is 0 Å². The second kappa shape index (κ2) is 34.2. The lowest BCUT2D eigenvalue weighted by Crippen LogP contribution is -2.59. The van der Waals surface area contributed by atoms with Gasteiger partial charge in [0.15, 0.2) is 6.29 Å². The van der Waals surface area contributed by atoms with Crippen LogP contribution in [0.5, 0.6) is 0 Å². The number of esters is 1. The lowest BCUT2D eigenvalue weighted by Gasteiger charge is -2.39. The molecule has 51 heavy (non-hydrogen) atoms. The van der Waals surface area contributed by atoms with Gasteiger partial charge in [-0.3, -0.25) is 4.79 Å². The van der Waals surface area contributed by atoms with Gasteiger partial charge in [0, 0.05) is 13.0 Å². The minimum atomic E-state index is -1.54. The summed E-state index contributed by atoms with van der Waals surface area (Å²) in [6.45, 7) is 4.47. The quantitative estimate of drug-likeness (QED) is 0.0293. The summed E-state index contributed by atoms with van der Waals surface area (Å²) in [7, 11) is 0. The average molecular weight is 725 g/mol. The number of allylic oxidation sites excluding steroid dienone is 6. The van der Waals surface area contributed by atoms with Gasteiger partial charge < -0.3 is 39.4 Å². The number of aliphatic hydroxyl groups excluding tert-OH is 4. The number of rotatable bonds is 34. The van der Waals surface area contributed by atoms with E-state index >= 15 is 0 Å². The van der Waals surface area contributed by atoms with Crippen molar-refractivity contribution in [2.75, 3.05) is 26.4 Å². The second-order valence-corrected chi connectivity index (χ2v) is 14.1. The molecule has 6 atom stereocenters. The Hall–Kier alpha value is -1.59. The molecule has 0 spiro atoms. The highest BCUT2D eigenvalue weighted by atomic mass is 16.7. The van der Waals surface area contributed by atoms with Gasteiger partial charge in [0.25, 0.3) is 0 Å². The smallest absolute Gasteiger partial charge is 0.306 e. The molecule has 298 valence electrons. The first-order valence-corrected chi connectivity index (χ1v) is 20.6. The summed E-state index contributed by atoms with van der Waals surface area (Å²) in [6, 6.07) is 0. The molecule has 1 aliphatic heterocycles. The summed E-state index contributed by atoms with van der Waals surface area (Å²) in [4.78, 5) is 12.7. The number of aliphatic hydroxyl groups is 4. The largest absolute Gasteiger partial charge is 0.457 e. The summed E-state index contributed by atoms with van der Waals surface area (Å²) in [5.41, 5.74) is 0. The maximum atomic E-state index is 12.7. The molecule has 0 saturated carbocycles. The lowest BCUT2D eigenvalue weighted by atomic mass is 9.99. The third kappa shape index (κ3) is 25.9. The molecule has 0 aromatic carbocycles. The molecule has 0 bridgehead atoms. The van der Waals surface area contributed by atoms with Crippen LogP contribution in [0.1, 0.15) is 162 Å². The fourth-order valence-electron chi connectivity index (χ4n) is 5.99. The minimum Gasteiger partial charge on any atom is -0.457 e. The molecular formula is C42H76O9. The molecule has 1 fully saturated rings. The molecule has 0 aromatic heterocycles. The number of unbranched alkanes of at least 4 members (excludes halogenated alkanes) is 17. The van der Waals surface area contributed by atoms with Crippen LogP contribution in [-0.2, 0) is 23.7 Å². The zero-order valence-electron chi connectivity index (χ0n) is 32.4. The summed E-state index contributed by atoms with van der Waals surface area (Å²) < 4.78 is 22.7. The van der Waals surface area contributed by atoms with Gasteiger partial charge >= 0.3 is 5.97 Å². The second-order valence-electron chi connectivity index (χ2n) is 14.1. The van der Waals surface area contributed by atoms with E-state index in [4.69, 9.17) is 18.9 Å². The SMILES string of the molecule is CCCCC/C=C\C/C=C\CCCCCCCC(=O)OC(COCCCCCCCC/C=C\CCCCC)COC1OC(CO)C(O)C(O)C1O. The molecule has 0 radical (unpaired) electrons. The predicted octanol–water partition coefficient (Wildman–Crippen LogP) is 8.41. The number of hydrogen-bond donors (Lipinski definition) is 4. The molecule has 0 aromatic rings. The summed E-state index contributed by atoms with van der Waals surface area (Å²) >= 11 is 0. The molecule has 1 heterocycles. The van der Waals surface area contributed by atoms with Gasteiger partial charge in [-0.1, -0.05) is 121 Å². The first kappa shape index (κ1) is 47.4. The highest BCUT2D eigenvalue weighted by Gasteiger charge is 2.44. The third-order valence-electron chi connectivity index (χ3n) is 9.28. The number of hydrogen-bond acceptors (Lipinski definition) is 9. The van der Waals surface area contributed by atoms with Crippen LogP contribution in [0, 0.1) is 0 Å². The van der Waals surface area contributed by atoms with Gasteiger partial charge in [0.1, 0.15) is 30.5 Å². The van der Waals surface area contributed by atoms with E-state index in [1.54, 1.807) is 0 Å². The topological polar surface area (TPSA) is 135 Å². The Labute approximate surface area is 310 Å². The van der Waals surface area contributed by atoms with Crippen LogP contribution < -0.4 is 0 Å². The van der Waals surface area contributed by atoms with Gasteiger partial charge in [-0.15, -0.1) is 0 Å². The number of ether oxygens (including phenoxy) is 4. The van der Waals surface area contributed by atoms with E-state index in [9.17, 15) is 25.2 Å². The zero-order valence-corrected chi connectivity index (χ0v) is 32.4. The van der Waals surface area contributed by atoms with E-state index in [1.165, 1.54) is 70.6 Å². The highest BCUT2D eigenvalue weighted by Crippen LogP contribution is 2.22. The van der Waals surface area contributed by atoms with Crippen LogP contribution in [0.25, 0.3) is 0 Å². The zero-order chi connectivity index (χ0) is 37.2. The van der Waals surface area contributed by atoms with Gasteiger partial charge in [0.2, 0.25) is 0 Å². The highest BCUT2D eigenvalue weighted by molar-refractivity contribution is 5.69. The van der Waals surface area contributed by atoms with Crippen molar-refractivity contribution in [3.05, 3.63) is 36.5 Å². The van der Waals surface area contributed by atoms with Gasteiger partial charge in [-0.2, -0.15) is 0 Å². The Bertz CT molecular complexity index is 874. The van der Waals surface area contributed by atoms with Crippen molar-refractivity contribution in [3.8, 4) is 0 Å². The monoisotopic (exact) mass is 725 g/mol. The maximum Gasteiger partial charge on any atom is 0.306 e. The molecule has 9 nitrogen and oxygen atoms in total. The Morgan fingerprint density at radius 2 is 1.14 bits per heavy atom. The van der Waals surface area contributed by atoms with Crippen molar-refractivity contribution >= 4 is 5.97 Å². The van der Waals surface area contributed by atoms with E-state index in [2.05, 4.69) is 50.3 Å². The minimum absolute atomic E-state index is 0.121. The molecule has 9 heteroatoms. The van der Waals surface area contributed by atoms with Crippen molar-refractivity contribution in [3.63, 3.8) is 0 Å².